The average Bonchev–Trinajstić information content (AvgIpc) is 2.62. The Balaban J connectivity index is 0.00000300. The number of hydrogen-bond acceptors (Lipinski definition) is 6. The first-order valence-corrected chi connectivity index (χ1v) is 9.58. The number of carboxylic acid groups (broad SMARTS) is 1. The van der Waals surface area contributed by atoms with Gasteiger partial charge in [0, 0.05) is 32.9 Å². The van der Waals surface area contributed by atoms with E-state index >= 15 is 0 Å². The Morgan fingerprint density at radius 2 is 1.62 bits per heavy atom. The molecule has 0 saturated heterocycles. The van der Waals surface area contributed by atoms with Crippen LogP contribution < -0.4 is 0 Å². The van der Waals surface area contributed by atoms with Crippen molar-refractivity contribution in [3.8, 4) is 5.75 Å². The fourth-order valence-electron chi connectivity index (χ4n) is 2.62. The molecule has 0 spiro atoms. The molecule has 1 radical (unpaired) electrons. The molecular weight excluding hydrogens is 463 g/mol. The molecule has 3 aromatic carbocycles. The van der Waals surface area contributed by atoms with Crippen molar-refractivity contribution in [1.29, 1.82) is 0 Å². The molecule has 0 atom stereocenters. The number of hydrogen-bond donors (Lipinski definition) is 3. The Morgan fingerprint density at radius 1 is 1.03 bits per heavy atom. The van der Waals surface area contributed by atoms with Crippen LogP contribution in [-0.4, -0.2) is 29.2 Å². The molecule has 0 amide bonds. The maximum atomic E-state index is 11.6. The third-order valence-corrected chi connectivity index (χ3v) is 5.30. The molecule has 151 valence electrons. The normalized spacial score (nSPS) is 11.6. The zero-order chi connectivity index (χ0) is 20.6. The Hall–Kier alpha value is -2.49. The van der Waals surface area contributed by atoms with E-state index in [9.17, 15) is 28.0 Å². The topological polar surface area (TPSA) is 137 Å². The predicted molar refractivity (Wildman–Crippen MR) is 103 cm³/mol. The van der Waals surface area contributed by atoms with E-state index in [0.29, 0.717) is 10.9 Å². The van der Waals surface area contributed by atoms with Gasteiger partial charge in [-0.25, -0.2) is 4.79 Å². The van der Waals surface area contributed by atoms with Crippen molar-refractivity contribution < 1.29 is 45.0 Å². The monoisotopic (exact) mass is 475 g/mol. The number of phenols is 1. The van der Waals surface area contributed by atoms with Crippen LogP contribution in [0.25, 0.3) is 10.8 Å². The summed E-state index contributed by atoms with van der Waals surface area (Å²) in [6.07, 6.45) is 0. The molecule has 3 aromatic rings. The molecule has 0 unspecified atom stereocenters. The fourth-order valence-corrected chi connectivity index (χ4v) is 3.47. The molecule has 0 fully saturated rings. The number of aromatic carboxylic acids is 1. The van der Waals surface area contributed by atoms with Crippen molar-refractivity contribution in [2.24, 2.45) is 10.2 Å². The van der Waals surface area contributed by atoms with Gasteiger partial charge in [-0.2, -0.15) is 8.42 Å². The van der Waals surface area contributed by atoms with E-state index in [-0.39, 0.29) is 44.4 Å². The fraction of sp³-hybridized carbons (Fsp3) is 0.0556. The number of benzene rings is 3. The van der Waals surface area contributed by atoms with Gasteiger partial charge in [0.1, 0.15) is 21.9 Å². The molecule has 0 aliphatic carbocycles. The second-order valence-electron chi connectivity index (χ2n) is 5.89. The van der Waals surface area contributed by atoms with Crippen molar-refractivity contribution in [1.82, 2.24) is 0 Å². The molecule has 0 aliphatic rings. The third-order valence-electron chi connectivity index (χ3n) is 4.01. The van der Waals surface area contributed by atoms with Crippen molar-refractivity contribution in [2.45, 2.75) is 11.8 Å². The number of carboxylic acids is 1. The quantitative estimate of drug-likeness (QED) is 0.280. The summed E-state index contributed by atoms with van der Waals surface area (Å²) in [6.45, 7) is 1.56. The van der Waals surface area contributed by atoms with Gasteiger partial charge in [0.05, 0.1) is 5.69 Å². The number of fused-ring (bicyclic) bond motifs is 1. The Bertz CT molecular complexity index is 1260. The maximum Gasteiger partial charge on any atom is 0.339 e. The Labute approximate surface area is 181 Å². The van der Waals surface area contributed by atoms with Crippen molar-refractivity contribution >= 4 is 49.8 Å². The summed E-state index contributed by atoms with van der Waals surface area (Å²) >= 11 is 6.01. The summed E-state index contributed by atoms with van der Waals surface area (Å²) in [5.41, 5.74) is -0.100. The van der Waals surface area contributed by atoms with Crippen LogP contribution in [0.15, 0.2) is 57.6 Å². The van der Waals surface area contributed by atoms with Gasteiger partial charge in [-0.15, -0.1) is 10.2 Å². The van der Waals surface area contributed by atoms with E-state index in [1.807, 2.05) is 0 Å². The second-order valence-corrected chi connectivity index (χ2v) is 7.68. The minimum Gasteiger partial charge on any atom is -0.506 e. The molecule has 0 aromatic heterocycles. The van der Waals surface area contributed by atoms with Crippen LogP contribution >= 0.6 is 11.6 Å². The van der Waals surface area contributed by atoms with Gasteiger partial charge in [0.25, 0.3) is 10.1 Å². The molecule has 29 heavy (non-hydrogen) atoms. The zero-order valence-corrected chi connectivity index (χ0v) is 17.4. The van der Waals surface area contributed by atoms with E-state index in [0.717, 1.165) is 12.1 Å². The smallest absolute Gasteiger partial charge is 0.339 e. The maximum absolute atomic E-state index is 11.6. The molecule has 11 heteroatoms. The molecule has 3 rings (SSSR count). The van der Waals surface area contributed by atoms with Crippen molar-refractivity contribution in [3.05, 3.63) is 58.6 Å². The minimum atomic E-state index is -4.59. The van der Waals surface area contributed by atoms with Gasteiger partial charge in [0.15, 0.2) is 0 Å². The van der Waals surface area contributed by atoms with Gasteiger partial charge in [-0.3, -0.25) is 4.55 Å². The third kappa shape index (κ3) is 4.58. The summed E-state index contributed by atoms with van der Waals surface area (Å²) in [4.78, 5) is 10.9. The number of halogens is 1. The summed E-state index contributed by atoms with van der Waals surface area (Å²) in [5, 5.41) is 28.1. The molecule has 8 nitrogen and oxygen atoms in total. The van der Waals surface area contributed by atoms with Crippen LogP contribution in [-0.2, 0) is 27.2 Å². The summed E-state index contributed by atoms with van der Waals surface area (Å²) < 4.78 is 32.7. The van der Waals surface area contributed by atoms with Gasteiger partial charge in [-0.05, 0) is 30.7 Å². The first-order chi connectivity index (χ1) is 13.1. The van der Waals surface area contributed by atoms with Crippen LogP contribution in [0.4, 0.5) is 11.4 Å². The molecule has 0 saturated carbocycles. The van der Waals surface area contributed by atoms with Crippen molar-refractivity contribution in [3.63, 3.8) is 0 Å². The van der Waals surface area contributed by atoms with E-state index in [2.05, 4.69) is 10.2 Å². The van der Waals surface area contributed by atoms with Crippen LogP contribution in [0.2, 0.25) is 5.02 Å². The number of azo groups is 1. The van der Waals surface area contributed by atoms with E-state index in [4.69, 9.17) is 11.6 Å². The molecule has 0 aliphatic heterocycles. The van der Waals surface area contributed by atoms with E-state index < -0.39 is 26.7 Å². The second kappa shape index (κ2) is 8.48. The Kier molecular flexibility index (Phi) is 6.67. The van der Waals surface area contributed by atoms with Gasteiger partial charge in [-0.1, -0.05) is 35.9 Å². The van der Waals surface area contributed by atoms with Gasteiger partial charge < -0.3 is 10.2 Å². The molecular formula is C18H13ClMnN2O6S. The van der Waals surface area contributed by atoms with Crippen molar-refractivity contribution in [2.75, 3.05) is 0 Å². The molecule has 3 N–H and O–H groups in total. The zero-order valence-electron chi connectivity index (χ0n) is 14.7. The van der Waals surface area contributed by atoms with Crippen LogP contribution in [0.3, 0.4) is 0 Å². The first-order valence-electron chi connectivity index (χ1n) is 7.77. The molecule has 0 bridgehead atoms. The van der Waals surface area contributed by atoms with Crippen LogP contribution in [0, 0.1) is 6.92 Å². The molecule has 0 heterocycles. The summed E-state index contributed by atoms with van der Waals surface area (Å²) in [6, 6.07) is 9.89. The summed E-state index contributed by atoms with van der Waals surface area (Å²) in [5.74, 6) is -1.78. The largest absolute Gasteiger partial charge is 0.506 e. The van der Waals surface area contributed by atoms with Gasteiger partial charge in [0.2, 0.25) is 0 Å². The predicted octanol–water partition coefficient (Wildman–Crippen LogP) is 4.87. The number of nitrogens with zero attached hydrogens (tertiary/aromatic N) is 2. The number of aromatic hydroxyl groups is 1. The Morgan fingerprint density at radius 3 is 2.21 bits per heavy atom. The van der Waals surface area contributed by atoms with Crippen LogP contribution in [0.1, 0.15) is 15.9 Å². The van der Waals surface area contributed by atoms with Gasteiger partial charge >= 0.3 is 5.97 Å². The number of carbonyl (C=O) groups is 1. The minimum absolute atomic E-state index is 0. The average molecular weight is 476 g/mol. The summed E-state index contributed by atoms with van der Waals surface area (Å²) in [7, 11) is -4.59. The first kappa shape index (κ1) is 22.8. The number of rotatable bonds is 4. The van der Waals surface area contributed by atoms with E-state index in [1.54, 1.807) is 25.1 Å². The van der Waals surface area contributed by atoms with E-state index in [1.165, 1.54) is 12.1 Å². The standard InChI is InChI=1S/C18H13ClN2O6S.Mn/c1-9-6-16(28(25,26)27)15(8-13(9)19)21-20-14-7-12(18(23)24)17(22)11-5-3-2-4-10(11)14;/h2-8,22H,1H3,(H,23,24)(H,25,26,27);. The SMILES string of the molecule is Cc1cc(S(=O)(=O)O)c(N=Nc2cc(C(=O)O)c(O)c3ccccc23)cc1Cl.[Mn]. The number of aryl methyl sites for hydroxylation is 1. The van der Waals surface area contributed by atoms with Crippen LogP contribution in [0.5, 0.6) is 5.75 Å².